The molecule has 7 heteroatoms. The van der Waals surface area contributed by atoms with Crippen molar-refractivity contribution < 1.29 is 19.5 Å². The second-order valence-corrected chi connectivity index (χ2v) is 9.64. The van der Waals surface area contributed by atoms with Crippen LogP contribution in [-0.4, -0.2) is 58.7 Å². The molecule has 0 aromatic heterocycles. The van der Waals surface area contributed by atoms with Crippen molar-refractivity contribution >= 4 is 23.3 Å². The molecule has 0 unspecified atom stereocenters. The van der Waals surface area contributed by atoms with Crippen LogP contribution in [0, 0.1) is 10.8 Å². The van der Waals surface area contributed by atoms with E-state index in [0.717, 1.165) is 51.9 Å². The summed E-state index contributed by atoms with van der Waals surface area (Å²) in [7, 11) is 0. The Labute approximate surface area is 183 Å². The zero-order chi connectivity index (χ0) is 22.2. The number of nitrogens with zero attached hydrogens (tertiary/aromatic N) is 2. The number of anilines is 1. The molecule has 4 aliphatic heterocycles. The lowest BCUT2D eigenvalue weighted by Gasteiger charge is -2.66. The lowest BCUT2D eigenvalue weighted by Crippen LogP contribution is -2.76. The summed E-state index contributed by atoms with van der Waals surface area (Å²) in [4.78, 5) is 41.1. The average Bonchev–Trinajstić information content (AvgIpc) is 2.71. The average molecular weight is 428 g/mol. The van der Waals surface area contributed by atoms with E-state index in [2.05, 4.69) is 29.0 Å². The Morgan fingerprint density at radius 1 is 0.968 bits per heavy atom. The largest absolute Gasteiger partial charge is 0.481 e. The Bertz CT molecular complexity index is 822. The molecule has 0 saturated carbocycles. The van der Waals surface area contributed by atoms with Crippen LogP contribution in [0.1, 0.15) is 64.1 Å². The fourth-order valence-electron chi connectivity index (χ4n) is 6.30. The minimum Gasteiger partial charge on any atom is -0.481 e. The Balaban J connectivity index is 1.51. The summed E-state index contributed by atoms with van der Waals surface area (Å²) in [5.74, 6) is -0.761. The highest BCUT2D eigenvalue weighted by molar-refractivity contribution is 5.94. The second kappa shape index (κ2) is 8.36. The van der Waals surface area contributed by atoms with Crippen LogP contribution in [0.3, 0.4) is 0 Å². The molecule has 0 atom stereocenters. The molecule has 0 radical (unpaired) electrons. The Morgan fingerprint density at radius 3 is 1.94 bits per heavy atom. The predicted molar refractivity (Wildman–Crippen MR) is 118 cm³/mol. The molecule has 2 N–H and O–H groups in total. The highest BCUT2D eigenvalue weighted by atomic mass is 16.4. The number of hydrogen-bond donors (Lipinski definition) is 2. The van der Waals surface area contributed by atoms with Crippen molar-refractivity contribution in [3.63, 3.8) is 0 Å². The van der Waals surface area contributed by atoms with Crippen LogP contribution >= 0.6 is 0 Å². The summed E-state index contributed by atoms with van der Waals surface area (Å²) < 4.78 is 0. The molecule has 5 rings (SSSR count). The maximum absolute atomic E-state index is 13.6. The molecule has 31 heavy (non-hydrogen) atoms. The molecule has 7 nitrogen and oxygen atoms in total. The Hall–Kier alpha value is -2.25. The van der Waals surface area contributed by atoms with Crippen molar-refractivity contribution in [1.29, 1.82) is 0 Å². The van der Waals surface area contributed by atoms with Gasteiger partial charge in [0, 0.05) is 38.3 Å². The Kier molecular flexibility index (Phi) is 5.92. The number of hydrogen-bond acceptors (Lipinski definition) is 5. The molecule has 1 amide bonds. The van der Waals surface area contributed by atoms with E-state index >= 15 is 0 Å². The van der Waals surface area contributed by atoms with Gasteiger partial charge in [0.2, 0.25) is 5.91 Å². The topological polar surface area (TPSA) is 89.9 Å². The van der Waals surface area contributed by atoms with Crippen molar-refractivity contribution in [3.05, 3.63) is 29.8 Å². The normalized spacial score (nSPS) is 33.5. The first-order valence-corrected chi connectivity index (χ1v) is 11.5. The van der Waals surface area contributed by atoms with Gasteiger partial charge in [0.1, 0.15) is 5.78 Å². The van der Waals surface area contributed by atoms with Crippen molar-refractivity contribution in [2.75, 3.05) is 31.5 Å². The third kappa shape index (κ3) is 3.89. The van der Waals surface area contributed by atoms with Crippen molar-refractivity contribution in [2.45, 2.75) is 58.5 Å². The number of rotatable bonds is 9. The van der Waals surface area contributed by atoms with Crippen molar-refractivity contribution in [1.82, 2.24) is 9.80 Å². The molecule has 4 heterocycles. The van der Waals surface area contributed by atoms with Gasteiger partial charge in [-0.3, -0.25) is 24.2 Å². The van der Waals surface area contributed by atoms with Gasteiger partial charge in [-0.2, -0.15) is 0 Å². The smallest absolute Gasteiger partial charge is 0.303 e. The number of ketones is 1. The first kappa shape index (κ1) is 22.0. The molecule has 1 aromatic carbocycles. The number of carboxylic acids is 1. The fourth-order valence-corrected chi connectivity index (χ4v) is 6.30. The maximum atomic E-state index is 13.6. The standard InChI is InChI=1S/C24H33N3O4/c1-3-11-23-13-26-15-24(12-4-2,22(23)31)16-27(14-23)21(26)17-5-7-18(8-6-17)25-19(28)9-10-20(29)30/h5-8,21H,3-4,9-16H2,1-2H3,(H,25,28)(H,29,30). The van der Waals surface area contributed by atoms with Crippen LogP contribution in [0.25, 0.3) is 0 Å². The van der Waals surface area contributed by atoms with E-state index in [1.54, 1.807) is 0 Å². The van der Waals surface area contributed by atoms with Gasteiger partial charge in [-0.15, -0.1) is 0 Å². The van der Waals surface area contributed by atoms with E-state index in [0.29, 0.717) is 11.5 Å². The third-order valence-electron chi connectivity index (χ3n) is 7.19. The molecule has 1 aromatic rings. The number of piperidine rings is 2. The van der Waals surface area contributed by atoms with E-state index < -0.39 is 5.97 Å². The number of Topliss-reactive ketones (excluding diaryl/α,β-unsaturated/α-hetero) is 1. The third-order valence-corrected chi connectivity index (χ3v) is 7.19. The first-order valence-electron chi connectivity index (χ1n) is 11.5. The number of benzene rings is 1. The van der Waals surface area contributed by atoms with Gasteiger partial charge >= 0.3 is 5.97 Å². The van der Waals surface area contributed by atoms with Crippen LogP contribution < -0.4 is 5.32 Å². The van der Waals surface area contributed by atoms with Gasteiger partial charge in [0.05, 0.1) is 23.4 Å². The van der Waals surface area contributed by atoms with E-state index in [-0.39, 0.29) is 35.7 Å². The van der Waals surface area contributed by atoms with E-state index in [1.165, 1.54) is 5.56 Å². The summed E-state index contributed by atoms with van der Waals surface area (Å²) in [6.07, 6.45) is 3.92. The number of carbonyl (C=O) groups is 3. The highest BCUT2D eigenvalue weighted by Gasteiger charge is 2.64. The first-order chi connectivity index (χ1) is 14.8. The fraction of sp³-hybridized carbons (Fsp3) is 0.625. The van der Waals surface area contributed by atoms with Gasteiger partial charge < -0.3 is 10.4 Å². The number of carbonyl (C=O) groups excluding carboxylic acids is 2. The lowest BCUT2D eigenvalue weighted by atomic mass is 9.57. The number of nitrogens with one attached hydrogen (secondary N) is 1. The predicted octanol–water partition coefficient (Wildman–Crippen LogP) is 3.28. The molecule has 4 saturated heterocycles. The number of carboxylic acid groups (broad SMARTS) is 1. The second-order valence-electron chi connectivity index (χ2n) is 9.64. The molecule has 4 aliphatic rings. The lowest BCUT2D eigenvalue weighted by molar-refractivity contribution is -0.205. The minimum atomic E-state index is -0.976. The van der Waals surface area contributed by atoms with Gasteiger partial charge in [-0.25, -0.2) is 0 Å². The Morgan fingerprint density at radius 2 is 1.48 bits per heavy atom. The number of aliphatic carboxylic acids is 1. The van der Waals surface area contributed by atoms with Gasteiger partial charge in [0.25, 0.3) is 0 Å². The molecular weight excluding hydrogens is 394 g/mol. The van der Waals surface area contributed by atoms with Crippen LogP contribution in [0.2, 0.25) is 0 Å². The minimum absolute atomic E-state index is 0.0334. The molecular formula is C24H33N3O4. The molecule has 0 aliphatic carbocycles. The van der Waals surface area contributed by atoms with Crippen LogP contribution in [0.15, 0.2) is 24.3 Å². The molecule has 0 spiro atoms. The summed E-state index contributed by atoms with van der Waals surface area (Å²) in [6, 6.07) is 7.85. The summed E-state index contributed by atoms with van der Waals surface area (Å²) >= 11 is 0. The molecule has 4 fully saturated rings. The molecule has 4 bridgehead atoms. The summed E-state index contributed by atoms with van der Waals surface area (Å²) in [5, 5.41) is 11.5. The van der Waals surface area contributed by atoms with E-state index in [9.17, 15) is 14.4 Å². The molecule has 168 valence electrons. The van der Waals surface area contributed by atoms with Crippen LogP contribution in [0.4, 0.5) is 5.69 Å². The number of amides is 1. The van der Waals surface area contributed by atoms with E-state index in [1.807, 2.05) is 24.3 Å². The zero-order valence-corrected chi connectivity index (χ0v) is 18.5. The van der Waals surface area contributed by atoms with Gasteiger partial charge in [0.15, 0.2) is 0 Å². The highest BCUT2D eigenvalue weighted by Crippen LogP contribution is 2.55. The van der Waals surface area contributed by atoms with Crippen molar-refractivity contribution in [2.24, 2.45) is 10.8 Å². The monoisotopic (exact) mass is 427 g/mol. The van der Waals surface area contributed by atoms with Gasteiger partial charge in [-0.1, -0.05) is 38.8 Å². The summed E-state index contributed by atoms with van der Waals surface area (Å²) in [6.45, 7) is 7.67. The maximum Gasteiger partial charge on any atom is 0.303 e. The quantitative estimate of drug-likeness (QED) is 0.629. The van der Waals surface area contributed by atoms with Gasteiger partial charge in [-0.05, 0) is 30.5 Å². The van der Waals surface area contributed by atoms with Crippen molar-refractivity contribution in [3.8, 4) is 0 Å². The summed E-state index contributed by atoms with van der Waals surface area (Å²) in [5.41, 5.74) is 1.39. The van der Waals surface area contributed by atoms with E-state index in [4.69, 9.17) is 5.11 Å². The SMILES string of the molecule is CCCC12CN3CC(CCC)(CN(C1)C3c1ccc(NC(=O)CCC(=O)O)cc1)C2=O. The van der Waals surface area contributed by atoms with Crippen LogP contribution in [0.5, 0.6) is 0 Å². The van der Waals surface area contributed by atoms with Crippen LogP contribution in [-0.2, 0) is 14.4 Å². The zero-order valence-electron chi connectivity index (χ0n) is 18.5.